The maximum atomic E-state index is 15.2. The van der Waals surface area contributed by atoms with Crippen LogP contribution in [0.3, 0.4) is 0 Å². The lowest BCUT2D eigenvalue weighted by atomic mass is 10.0. The molecule has 64 heavy (non-hydrogen) atoms. The number of nitrogens with one attached hydrogen (secondary N) is 3. The number of hydrogen-bond acceptors (Lipinski definition) is 9. The van der Waals surface area contributed by atoms with Gasteiger partial charge >= 0.3 is 24.2 Å². The number of ether oxygens (including phenoxy) is 2. The molecule has 16 nitrogen and oxygen atoms in total. The zero-order chi connectivity index (χ0) is 47.3. The number of nitrogens with zero attached hydrogens (tertiary/aromatic N) is 3. The molecule has 4 aromatic rings. The highest BCUT2D eigenvalue weighted by Gasteiger charge is 2.26. The summed E-state index contributed by atoms with van der Waals surface area (Å²) in [5.74, 6) is -3.49. The van der Waals surface area contributed by atoms with Crippen LogP contribution in [-0.2, 0) is 34.0 Å². The number of aromatic carboxylic acids is 1. The summed E-state index contributed by atoms with van der Waals surface area (Å²) < 4.78 is 42.6. The highest BCUT2D eigenvalue weighted by Crippen LogP contribution is 2.27. The van der Waals surface area contributed by atoms with Gasteiger partial charge in [0, 0.05) is 63.0 Å². The van der Waals surface area contributed by atoms with Crippen LogP contribution in [0, 0.1) is 11.7 Å². The summed E-state index contributed by atoms with van der Waals surface area (Å²) in [5.41, 5.74) is 6.10. The molecule has 6 N–H and O–H groups in total. The van der Waals surface area contributed by atoms with Gasteiger partial charge in [-0.3, -0.25) is 9.59 Å². The summed E-state index contributed by atoms with van der Waals surface area (Å²) in [5, 5.41) is 17.0. The Kier molecular flexibility index (Phi) is 20.7. The third-order valence-electron chi connectivity index (χ3n) is 9.68. The molecule has 1 atom stereocenters. The molecule has 1 saturated heterocycles. The Hall–Kier alpha value is -6.98. The van der Waals surface area contributed by atoms with Gasteiger partial charge in [-0.05, 0) is 60.7 Å². The smallest absolute Gasteiger partial charge is 0.410 e. The van der Waals surface area contributed by atoms with Crippen LogP contribution in [0.1, 0.15) is 75.9 Å². The van der Waals surface area contributed by atoms with Crippen molar-refractivity contribution in [1.82, 2.24) is 20.1 Å². The van der Waals surface area contributed by atoms with E-state index in [4.69, 9.17) is 15.2 Å². The quantitative estimate of drug-likeness (QED) is 0.0791. The van der Waals surface area contributed by atoms with E-state index in [2.05, 4.69) is 16.0 Å². The number of halogens is 2. The Morgan fingerprint density at radius 2 is 1.53 bits per heavy atom. The molecule has 5 rings (SSSR count). The number of carboxylic acid groups (broad SMARTS) is 1. The summed E-state index contributed by atoms with van der Waals surface area (Å²) in [4.78, 5) is 75.1. The van der Waals surface area contributed by atoms with Crippen LogP contribution in [0.15, 0.2) is 89.6 Å². The summed E-state index contributed by atoms with van der Waals surface area (Å²) in [6.07, 6.45) is 1.71. The van der Waals surface area contributed by atoms with Gasteiger partial charge in [0.25, 0.3) is 0 Å². The van der Waals surface area contributed by atoms with Crippen molar-refractivity contribution < 1.29 is 47.3 Å². The van der Waals surface area contributed by atoms with Gasteiger partial charge in [0.15, 0.2) is 0 Å². The summed E-state index contributed by atoms with van der Waals surface area (Å²) in [6, 6.07) is 16.9. The standard InChI is InChI=1S/C40H43F2N5O8.C4H10N2O.C2H6/c1-4-45-22-30(38(50)51)37(49)29-20-32(42)34(21-33(29)45)46-16-18-47(19-17-46)40(53)55-24-27-10-12-28(13-11-27)43-35(48)15-14-31(41)36(25(2)3)44-39(52)54-23-26-8-6-5-7-9-26;1-2-3-6-4(5)7;1-2/h5-14,20-22,25,36H,4,15-19,23-24H2,1-3H3,(H,43,48)(H,44,52)(H,50,51);2-3H2,1H3,(H3,5,6,7);1-2H3/b31-14-;;. The zero-order valence-corrected chi connectivity index (χ0v) is 37.1. The number of fused-ring (bicyclic) bond motifs is 1. The maximum absolute atomic E-state index is 15.2. The molecule has 0 saturated carbocycles. The number of carbonyl (C=O) groups excluding carboxylic acids is 4. The van der Waals surface area contributed by atoms with Gasteiger partial charge in [0.05, 0.1) is 17.2 Å². The lowest BCUT2D eigenvalue weighted by molar-refractivity contribution is -0.115. The first-order valence-electron chi connectivity index (χ1n) is 21.1. The van der Waals surface area contributed by atoms with E-state index >= 15 is 8.78 Å². The molecule has 1 unspecified atom stereocenters. The molecule has 1 aliphatic heterocycles. The van der Waals surface area contributed by atoms with Gasteiger partial charge in [-0.1, -0.05) is 77.1 Å². The fourth-order valence-electron chi connectivity index (χ4n) is 6.33. The van der Waals surface area contributed by atoms with Crippen LogP contribution >= 0.6 is 0 Å². The number of nitrogens with two attached hydrogens (primary N) is 1. The molecule has 346 valence electrons. The van der Waals surface area contributed by atoms with E-state index < -0.39 is 58.8 Å². The molecule has 0 bridgehead atoms. The number of amides is 5. The Morgan fingerprint density at radius 1 is 0.906 bits per heavy atom. The predicted octanol–water partition coefficient (Wildman–Crippen LogP) is 7.54. The molecule has 1 fully saturated rings. The van der Waals surface area contributed by atoms with Gasteiger partial charge in [0.1, 0.15) is 30.4 Å². The van der Waals surface area contributed by atoms with Crippen molar-refractivity contribution in [3.05, 3.63) is 118 Å². The fourth-order valence-corrected chi connectivity index (χ4v) is 6.33. The molecule has 5 amide bonds. The maximum Gasteiger partial charge on any atom is 0.410 e. The second kappa shape index (κ2) is 25.8. The number of carboxylic acids is 1. The highest BCUT2D eigenvalue weighted by molar-refractivity contribution is 5.94. The molecule has 0 aliphatic carbocycles. The number of carbonyl (C=O) groups is 5. The van der Waals surface area contributed by atoms with Crippen LogP contribution in [0.25, 0.3) is 10.9 Å². The number of benzene rings is 3. The van der Waals surface area contributed by atoms with Crippen molar-refractivity contribution in [2.45, 2.75) is 80.2 Å². The van der Waals surface area contributed by atoms with Crippen molar-refractivity contribution in [1.29, 1.82) is 0 Å². The largest absolute Gasteiger partial charge is 0.477 e. The molecule has 3 aromatic carbocycles. The van der Waals surface area contributed by atoms with Crippen molar-refractivity contribution in [3.8, 4) is 0 Å². The molecule has 1 aromatic heterocycles. The molecule has 18 heteroatoms. The van der Waals surface area contributed by atoms with Crippen LogP contribution in [0.4, 0.5) is 34.5 Å². The Bertz CT molecular complexity index is 2280. The monoisotopic (exact) mass is 891 g/mol. The normalized spacial score (nSPS) is 12.8. The third kappa shape index (κ3) is 15.4. The molecular weight excluding hydrogens is 833 g/mol. The summed E-state index contributed by atoms with van der Waals surface area (Å²) in [6.45, 7) is 13.4. The number of rotatable bonds is 15. The Morgan fingerprint density at radius 3 is 2.09 bits per heavy atom. The first-order valence-corrected chi connectivity index (χ1v) is 21.1. The fraction of sp³-hybridized carbons (Fsp3) is 0.391. The number of anilines is 2. The second-order valence-electron chi connectivity index (χ2n) is 14.6. The van der Waals surface area contributed by atoms with Crippen molar-refractivity contribution in [2.24, 2.45) is 11.7 Å². The minimum atomic E-state index is -1.38. The number of primary amides is 1. The van der Waals surface area contributed by atoms with E-state index in [1.54, 1.807) is 66.6 Å². The van der Waals surface area contributed by atoms with Crippen molar-refractivity contribution >= 4 is 52.4 Å². The van der Waals surface area contributed by atoms with E-state index in [0.29, 0.717) is 42.9 Å². The van der Waals surface area contributed by atoms with Gasteiger partial charge in [-0.15, -0.1) is 0 Å². The Labute approximate surface area is 371 Å². The van der Waals surface area contributed by atoms with Crippen LogP contribution in [0.2, 0.25) is 0 Å². The minimum absolute atomic E-state index is 0.0201. The number of alkyl carbamates (subject to hydrolysis) is 1. The van der Waals surface area contributed by atoms with E-state index in [0.717, 1.165) is 24.1 Å². The molecule has 2 heterocycles. The third-order valence-corrected chi connectivity index (χ3v) is 9.68. The number of aromatic nitrogens is 1. The van der Waals surface area contributed by atoms with Crippen molar-refractivity contribution in [2.75, 3.05) is 42.9 Å². The predicted molar refractivity (Wildman–Crippen MR) is 241 cm³/mol. The van der Waals surface area contributed by atoms with Crippen LogP contribution in [-0.4, -0.2) is 83.4 Å². The average molecular weight is 892 g/mol. The number of pyridine rings is 1. The lowest BCUT2D eigenvalue weighted by Crippen LogP contribution is -2.49. The minimum Gasteiger partial charge on any atom is -0.477 e. The molecule has 1 aliphatic rings. The summed E-state index contributed by atoms with van der Waals surface area (Å²) in [7, 11) is 0. The lowest BCUT2D eigenvalue weighted by Gasteiger charge is -2.35. The SMILES string of the molecule is CC.CCCNC(N)=O.CCn1cc(C(=O)O)c(=O)c2cc(F)c(N3CCN(C(=O)OCc4ccc(NC(=O)C/C=C(\F)C(NC(=O)OCc5ccccc5)C(C)C)cc4)CC3)cc21. The van der Waals surface area contributed by atoms with E-state index in [1.807, 2.05) is 39.0 Å². The van der Waals surface area contributed by atoms with Gasteiger partial charge in [-0.25, -0.2) is 28.0 Å². The van der Waals surface area contributed by atoms with E-state index in [9.17, 15) is 33.9 Å². The van der Waals surface area contributed by atoms with Crippen LogP contribution in [0.5, 0.6) is 0 Å². The molecule has 0 spiro atoms. The average Bonchev–Trinajstić information content (AvgIpc) is 3.29. The van der Waals surface area contributed by atoms with Gasteiger partial charge < -0.3 is 50.6 Å². The first-order chi connectivity index (χ1) is 30.6. The van der Waals surface area contributed by atoms with Gasteiger partial charge in [-0.2, -0.15) is 0 Å². The highest BCUT2D eigenvalue weighted by atomic mass is 19.1. The number of hydrogen-bond donors (Lipinski definition) is 5. The van der Waals surface area contributed by atoms with Gasteiger partial charge in [0.2, 0.25) is 11.3 Å². The molecular formula is C46H59F2N7O9. The van der Waals surface area contributed by atoms with Crippen LogP contribution < -0.4 is 32.0 Å². The van der Waals surface area contributed by atoms with E-state index in [1.165, 1.54) is 17.2 Å². The number of urea groups is 1. The number of aryl methyl sites for hydroxylation is 1. The first kappa shape index (κ1) is 51.4. The number of piperazine rings is 1. The molecule has 0 radical (unpaired) electrons. The Balaban J connectivity index is 0.00000110. The topological polar surface area (TPSA) is 215 Å². The second-order valence-corrected chi connectivity index (χ2v) is 14.6. The summed E-state index contributed by atoms with van der Waals surface area (Å²) >= 11 is 0. The zero-order valence-electron chi connectivity index (χ0n) is 37.1. The van der Waals surface area contributed by atoms with E-state index in [-0.39, 0.29) is 49.7 Å². The van der Waals surface area contributed by atoms with Crippen molar-refractivity contribution in [3.63, 3.8) is 0 Å².